The van der Waals surface area contributed by atoms with Gasteiger partial charge in [0.15, 0.2) is 0 Å². The number of methoxy groups -OCH3 is 1. The Labute approximate surface area is 140 Å². The molecule has 128 valence electrons. The van der Waals surface area contributed by atoms with E-state index in [1.807, 2.05) is 25.1 Å². The third kappa shape index (κ3) is 2.89. The molecule has 1 aromatic heterocycles. The van der Waals surface area contributed by atoms with Gasteiger partial charge >= 0.3 is 6.09 Å². The van der Waals surface area contributed by atoms with Gasteiger partial charge in [0.2, 0.25) is 0 Å². The van der Waals surface area contributed by atoms with E-state index < -0.39 is 0 Å². The number of piperazine rings is 1. The molecule has 7 nitrogen and oxygen atoms in total. The summed E-state index contributed by atoms with van der Waals surface area (Å²) in [4.78, 5) is 20.2. The number of anilines is 2. The zero-order valence-electron chi connectivity index (χ0n) is 14.0. The van der Waals surface area contributed by atoms with E-state index in [0.717, 1.165) is 22.3 Å². The van der Waals surface area contributed by atoms with Gasteiger partial charge in [0.05, 0.1) is 19.1 Å². The van der Waals surface area contributed by atoms with E-state index in [9.17, 15) is 4.79 Å². The molecular weight excluding hydrogens is 308 g/mol. The molecule has 2 aromatic rings. The molecule has 1 aromatic carbocycles. The van der Waals surface area contributed by atoms with Crippen LogP contribution < -0.4 is 15.4 Å². The van der Waals surface area contributed by atoms with Crippen LogP contribution in [-0.2, 0) is 4.74 Å². The first-order valence-corrected chi connectivity index (χ1v) is 8.03. The van der Waals surface area contributed by atoms with E-state index >= 15 is 0 Å². The monoisotopic (exact) mass is 330 g/mol. The van der Waals surface area contributed by atoms with Crippen molar-refractivity contribution in [2.75, 3.05) is 50.5 Å². The largest absolute Gasteiger partial charge is 0.496 e. The predicted octanol–water partition coefficient (Wildman–Crippen LogP) is 2.10. The van der Waals surface area contributed by atoms with Crippen molar-refractivity contribution < 1.29 is 14.3 Å². The molecule has 7 heteroatoms. The molecule has 0 radical (unpaired) electrons. The maximum absolute atomic E-state index is 11.8. The molecular formula is C17H22N4O3. The van der Waals surface area contributed by atoms with Crippen LogP contribution in [0.1, 0.15) is 6.92 Å². The number of rotatable bonds is 3. The minimum atomic E-state index is -0.260. The van der Waals surface area contributed by atoms with Crippen LogP contribution in [0.25, 0.3) is 10.8 Å². The second kappa shape index (κ2) is 6.82. The first kappa shape index (κ1) is 16.2. The van der Waals surface area contributed by atoms with Gasteiger partial charge in [-0.05, 0) is 25.1 Å². The summed E-state index contributed by atoms with van der Waals surface area (Å²) < 4.78 is 10.5. The molecule has 2 N–H and O–H groups in total. The number of carbonyl (C=O) groups excluding carboxylic acids is 1. The topological polar surface area (TPSA) is 80.9 Å². The van der Waals surface area contributed by atoms with Crippen LogP contribution in [0.3, 0.4) is 0 Å². The fourth-order valence-corrected chi connectivity index (χ4v) is 3.01. The van der Waals surface area contributed by atoms with E-state index in [1.54, 1.807) is 18.2 Å². The van der Waals surface area contributed by atoms with Gasteiger partial charge in [-0.2, -0.15) is 0 Å². The lowest BCUT2D eigenvalue weighted by Gasteiger charge is -2.35. The molecule has 3 rings (SSSR count). The Morgan fingerprint density at radius 2 is 2.00 bits per heavy atom. The van der Waals surface area contributed by atoms with Crippen molar-refractivity contribution in [2.45, 2.75) is 6.92 Å². The van der Waals surface area contributed by atoms with Crippen LogP contribution in [0.2, 0.25) is 0 Å². The minimum Gasteiger partial charge on any atom is -0.496 e. The molecule has 0 saturated carbocycles. The highest BCUT2D eigenvalue weighted by Gasteiger charge is 2.24. The van der Waals surface area contributed by atoms with Crippen molar-refractivity contribution >= 4 is 28.4 Å². The minimum absolute atomic E-state index is 0.260. The SMILES string of the molecule is CCOC(=O)N1CCN(c2nccc3c(OC)ccc(N)c23)CC1. The number of nitrogens with two attached hydrogens (primary N) is 1. The van der Waals surface area contributed by atoms with Gasteiger partial charge in [-0.15, -0.1) is 0 Å². The number of carbonyl (C=O) groups is 1. The van der Waals surface area contributed by atoms with Gasteiger partial charge in [0, 0.05) is 43.4 Å². The van der Waals surface area contributed by atoms with Gasteiger partial charge in [-0.3, -0.25) is 0 Å². The summed E-state index contributed by atoms with van der Waals surface area (Å²) >= 11 is 0. The lowest BCUT2D eigenvalue weighted by Crippen LogP contribution is -2.49. The fraction of sp³-hybridized carbons (Fsp3) is 0.412. The van der Waals surface area contributed by atoms with E-state index in [-0.39, 0.29) is 6.09 Å². The lowest BCUT2D eigenvalue weighted by molar-refractivity contribution is 0.105. The number of amides is 1. The number of hydrogen-bond donors (Lipinski definition) is 1. The summed E-state index contributed by atoms with van der Waals surface area (Å²) in [6.07, 6.45) is 1.50. The smallest absolute Gasteiger partial charge is 0.409 e. The zero-order chi connectivity index (χ0) is 17.1. The highest BCUT2D eigenvalue weighted by atomic mass is 16.6. The van der Waals surface area contributed by atoms with Crippen molar-refractivity contribution in [1.82, 2.24) is 9.88 Å². The average Bonchev–Trinajstić information content (AvgIpc) is 2.62. The number of pyridine rings is 1. The van der Waals surface area contributed by atoms with E-state index in [0.29, 0.717) is 38.5 Å². The second-order valence-electron chi connectivity index (χ2n) is 5.59. The number of hydrogen-bond acceptors (Lipinski definition) is 6. The number of ether oxygens (including phenoxy) is 2. The first-order chi connectivity index (χ1) is 11.7. The van der Waals surface area contributed by atoms with E-state index in [4.69, 9.17) is 15.2 Å². The van der Waals surface area contributed by atoms with Crippen LogP contribution in [0.5, 0.6) is 5.75 Å². The predicted molar refractivity (Wildman–Crippen MR) is 93.5 cm³/mol. The second-order valence-corrected chi connectivity index (χ2v) is 5.59. The van der Waals surface area contributed by atoms with Crippen molar-refractivity contribution in [1.29, 1.82) is 0 Å². The molecule has 0 atom stereocenters. The van der Waals surface area contributed by atoms with Crippen LogP contribution >= 0.6 is 0 Å². The van der Waals surface area contributed by atoms with Crippen LogP contribution in [0.15, 0.2) is 24.4 Å². The molecule has 1 fully saturated rings. The molecule has 0 aliphatic carbocycles. The normalized spacial score (nSPS) is 14.8. The molecule has 0 bridgehead atoms. The number of nitrogens with zero attached hydrogens (tertiary/aromatic N) is 3. The third-order valence-corrected chi connectivity index (χ3v) is 4.22. The first-order valence-electron chi connectivity index (χ1n) is 8.03. The number of aromatic nitrogens is 1. The molecule has 0 spiro atoms. The summed E-state index contributed by atoms with van der Waals surface area (Å²) in [5, 5.41) is 1.83. The number of benzene rings is 1. The Morgan fingerprint density at radius 1 is 1.25 bits per heavy atom. The summed E-state index contributed by atoms with van der Waals surface area (Å²) in [5.41, 5.74) is 6.86. The summed E-state index contributed by atoms with van der Waals surface area (Å²) in [7, 11) is 1.64. The van der Waals surface area contributed by atoms with Crippen molar-refractivity contribution in [3.05, 3.63) is 24.4 Å². The molecule has 1 amide bonds. The van der Waals surface area contributed by atoms with Crippen LogP contribution in [0, 0.1) is 0 Å². The summed E-state index contributed by atoms with van der Waals surface area (Å²) in [6.45, 7) is 4.76. The molecule has 24 heavy (non-hydrogen) atoms. The molecule has 1 aliphatic rings. The molecule has 0 unspecified atom stereocenters. The van der Waals surface area contributed by atoms with Crippen LogP contribution in [-0.4, -0.2) is 55.9 Å². The Bertz CT molecular complexity index is 742. The zero-order valence-corrected chi connectivity index (χ0v) is 14.0. The van der Waals surface area contributed by atoms with Gasteiger partial charge in [-0.25, -0.2) is 9.78 Å². The maximum Gasteiger partial charge on any atom is 0.409 e. The third-order valence-electron chi connectivity index (χ3n) is 4.22. The molecule has 1 aliphatic heterocycles. The van der Waals surface area contributed by atoms with Crippen LogP contribution in [0.4, 0.5) is 16.3 Å². The summed E-state index contributed by atoms with van der Waals surface area (Å²) in [5.74, 6) is 1.60. The molecule has 1 saturated heterocycles. The molecule has 2 heterocycles. The van der Waals surface area contributed by atoms with Crippen molar-refractivity contribution in [3.8, 4) is 5.75 Å². The van der Waals surface area contributed by atoms with E-state index in [2.05, 4.69) is 9.88 Å². The highest BCUT2D eigenvalue weighted by Crippen LogP contribution is 2.35. The Hall–Kier alpha value is -2.70. The fourth-order valence-electron chi connectivity index (χ4n) is 3.01. The Balaban J connectivity index is 1.87. The van der Waals surface area contributed by atoms with Crippen molar-refractivity contribution in [3.63, 3.8) is 0 Å². The van der Waals surface area contributed by atoms with Gasteiger partial charge in [-0.1, -0.05) is 0 Å². The van der Waals surface area contributed by atoms with Gasteiger partial charge < -0.3 is 25.0 Å². The lowest BCUT2D eigenvalue weighted by atomic mass is 10.1. The average molecular weight is 330 g/mol. The quantitative estimate of drug-likeness (QED) is 0.868. The number of nitrogen functional groups attached to an aromatic ring is 1. The highest BCUT2D eigenvalue weighted by molar-refractivity contribution is 6.04. The van der Waals surface area contributed by atoms with E-state index in [1.165, 1.54) is 0 Å². The van der Waals surface area contributed by atoms with Gasteiger partial charge in [0.1, 0.15) is 11.6 Å². The van der Waals surface area contributed by atoms with Crippen molar-refractivity contribution in [2.24, 2.45) is 0 Å². The maximum atomic E-state index is 11.8. The van der Waals surface area contributed by atoms with Gasteiger partial charge in [0.25, 0.3) is 0 Å². The Kier molecular flexibility index (Phi) is 4.59. The summed E-state index contributed by atoms with van der Waals surface area (Å²) in [6, 6.07) is 5.60. The Morgan fingerprint density at radius 3 is 2.67 bits per heavy atom. The number of fused-ring (bicyclic) bond motifs is 1. The standard InChI is InChI=1S/C17H22N4O3/c1-3-24-17(22)21-10-8-20(9-11-21)16-15-12(6-7-19-16)14(23-2)5-4-13(15)18/h4-7H,3,8-11,18H2,1-2H3.